The minimum absolute atomic E-state index is 0.0626. The van der Waals surface area contributed by atoms with Crippen molar-refractivity contribution in [3.05, 3.63) is 69.3 Å². The van der Waals surface area contributed by atoms with Crippen LogP contribution in [0.4, 0.5) is 11.4 Å². The first-order chi connectivity index (χ1) is 11.9. The first kappa shape index (κ1) is 17.6. The summed E-state index contributed by atoms with van der Waals surface area (Å²) < 4.78 is 4.90. The molecule has 0 saturated carbocycles. The number of ether oxygens (including phenoxy) is 1. The zero-order chi connectivity index (χ0) is 18.4. The van der Waals surface area contributed by atoms with Crippen LogP contribution in [-0.2, 0) is 9.53 Å². The van der Waals surface area contributed by atoms with Crippen LogP contribution >= 0.6 is 0 Å². The van der Waals surface area contributed by atoms with E-state index in [1.54, 1.807) is 30.3 Å². The van der Waals surface area contributed by atoms with Crippen molar-refractivity contribution in [2.45, 2.75) is 6.92 Å². The number of aryl methyl sites for hydroxylation is 1. The van der Waals surface area contributed by atoms with E-state index < -0.39 is 23.4 Å². The van der Waals surface area contributed by atoms with Crippen molar-refractivity contribution in [1.29, 1.82) is 5.26 Å². The summed E-state index contributed by atoms with van der Waals surface area (Å²) >= 11 is 0. The van der Waals surface area contributed by atoms with Crippen molar-refractivity contribution in [3.63, 3.8) is 0 Å². The van der Waals surface area contributed by atoms with Crippen LogP contribution in [0.15, 0.2) is 42.5 Å². The van der Waals surface area contributed by atoms with E-state index in [2.05, 4.69) is 5.32 Å². The summed E-state index contributed by atoms with van der Waals surface area (Å²) in [5.74, 6) is -1.31. The monoisotopic (exact) mass is 339 g/mol. The number of benzene rings is 2. The Morgan fingerprint density at radius 3 is 2.52 bits per heavy atom. The van der Waals surface area contributed by atoms with Crippen LogP contribution in [0.25, 0.3) is 0 Å². The highest BCUT2D eigenvalue weighted by atomic mass is 16.6. The van der Waals surface area contributed by atoms with Crippen molar-refractivity contribution in [3.8, 4) is 6.07 Å². The highest BCUT2D eigenvalue weighted by Gasteiger charge is 2.14. The number of carbonyl (C=O) groups excluding carboxylic acids is 2. The number of nitrogens with zero attached hydrogens (tertiary/aromatic N) is 2. The molecule has 0 atom stereocenters. The van der Waals surface area contributed by atoms with Gasteiger partial charge in [-0.2, -0.15) is 5.26 Å². The normalized spacial score (nSPS) is 9.76. The van der Waals surface area contributed by atoms with E-state index in [1.165, 1.54) is 6.07 Å². The van der Waals surface area contributed by atoms with Crippen LogP contribution < -0.4 is 5.32 Å². The summed E-state index contributed by atoms with van der Waals surface area (Å²) in [6.07, 6.45) is 0. The number of carbonyl (C=O) groups is 2. The smallest absolute Gasteiger partial charge is 0.338 e. The lowest BCUT2D eigenvalue weighted by molar-refractivity contribution is -0.384. The number of hydrogen-bond donors (Lipinski definition) is 1. The lowest BCUT2D eigenvalue weighted by atomic mass is 10.1. The molecule has 8 nitrogen and oxygen atoms in total. The van der Waals surface area contributed by atoms with Gasteiger partial charge >= 0.3 is 5.97 Å². The number of nitro benzene ring substituents is 1. The predicted octanol–water partition coefficient (Wildman–Crippen LogP) is 2.57. The molecule has 2 aromatic rings. The average molecular weight is 339 g/mol. The van der Waals surface area contributed by atoms with Crippen LogP contribution in [0.1, 0.15) is 21.5 Å². The van der Waals surface area contributed by atoms with Crippen molar-refractivity contribution in [1.82, 2.24) is 0 Å². The minimum Gasteiger partial charge on any atom is -0.452 e. The van der Waals surface area contributed by atoms with E-state index in [0.717, 1.165) is 17.7 Å². The van der Waals surface area contributed by atoms with Gasteiger partial charge in [0.15, 0.2) is 6.61 Å². The van der Waals surface area contributed by atoms with Crippen LogP contribution in [0, 0.1) is 28.4 Å². The van der Waals surface area contributed by atoms with Gasteiger partial charge in [0.2, 0.25) is 0 Å². The summed E-state index contributed by atoms with van der Waals surface area (Å²) in [6, 6.07) is 11.9. The Bertz CT molecular complexity index is 869. The Kier molecular flexibility index (Phi) is 5.43. The van der Waals surface area contributed by atoms with Gasteiger partial charge in [-0.25, -0.2) is 4.79 Å². The fraction of sp³-hybridized carbons (Fsp3) is 0.118. The third-order valence-electron chi connectivity index (χ3n) is 3.23. The lowest BCUT2D eigenvalue weighted by Crippen LogP contribution is -2.21. The second-order valence-corrected chi connectivity index (χ2v) is 5.09. The number of esters is 1. The fourth-order valence-electron chi connectivity index (χ4n) is 1.94. The van der Waals surface area contributed by atoms with Crippen molar-refractivity contribution in [2.24, 2.45) is 0 Å². The zero-order valence-corrected chi connectivity index (χ0v) is 13.2. The molecule has 2 rings (SSSR count). The molecule has 0 radical (unpaired) electrons. The summed E-state index contributed by atoms with van der Waals surface area (Å²) in [4.78, 5) is 33.7. The molecule has 0 heterocycles. The van der Waals surface area contributed by atoms with Gasteiger partial charge in [-0.05, 0) is 25.1 Å². The molecule has 8 heteroatoms. The Labute approximate surface area is 142 Å². The van der Waals surface area contributed by atoms with E-state index in [1.807, 2.05) is 6.92 Å². The molecule has 0 aliphatic carbocycles. The maximum atomic E-state index is 11.9. The molecule has 0 fully saturated rings. The van der Waals surface area contributed by atoms with Gasteiger partial charge in [0, 0.05) is 12.1 Å². The largest absolute Gasteiger partial charge is 0.452 e. The van der Waals surface area contributed by atoms with Crippen LogP contribution in [0.3, 0.4) is 0 Å². The average Bonchev–Trinajstić information content (AvgIpc) is 2.60. The third kappa shape index (κ3) is 4.62. The molecule has 0 aliphatic rings. The Morgan fingerprint density at radius 1 is 1.24 bits per heavy atom. The second kappa shape index (κ2) is 7.70. The molecule has 0 spiro atoms. The van der Waals surface area contributed by atoms with E-state index >= 15 is 0 Å². The number of non-ortho nitro benzene ring substituents is 1. The maximum Gasteiger partial charge on any atom is 0.338 e. The third-order valence-corrected chi connectivity index (χ3v) is 3.23. The SMILES string of the molecule is Cc1ccc(C(=O)OCC(=O)Nc2ccc([N+](=O)[O-])cc2C#N)cc1. The molecular weight excluding hydrogens is 326 g/mol. The molecule has 126 valence electrons. The summed E-state index contributed by atoms with van der Waals surface area (Å²) in [6.45, 7) is 1.33. The van der Waals surface area contributed by atoms with Crippen LogP contribution in [-0.4, -0.2) is 23.4 Å². The maximum absolute atomic E-state index is 11.9. The van der Waals surface area contributed by atoms with Gasteiger partial charge in [0.05, 0.1) is 21.7 Å². The lowest BCUT2D eigenvalue weighted by Gasteiger charge is -2.08. The summed E-state index contributed by atoms with van der Waals surface area (Å²) in [5.41, 5.74) is 1.07. The number of anilines is 1. The molecule has 0 unspecified atom stereocenters. The number of nitro groups is 1. The molecule has 25 heavy (non-hydrogen) atoms. The molecule has 0 bridgehead atoms. The zero-order valence-electron chi connectivity index (χ0n) is 13.2. The fourth-order valence-corrected chi connectivity index (χ4v) is 1.94. The number of nitriles is 1. The van der Waals surface area contributed by atoms with Crippen LogP contribution in [0.2, 0.25) is 0 Å². The first-order valence-corrected chi connectivity index (χ1v) is 7.13. The number of amides is 1. The van der Waals surface area contributed by atoms with Crippen LogP contribution in [0.5, 0.6) is 0 Å². The standard InChI is InChI=1S/C17H13N3O5/c1-11-2-4-12(5-3-11)17(22)25-10-16(21)19-15-7-6-14(20(23)24)8-13(15)9-18/h2-8H,10H2,1H3,(H,19,21). The van der Waals surface area contributed by atoms with Gasteiger partial charge in [-0.1, -0.05) is 17.7 Å². The highest BCUT2D eigenvalue weighted by molar-refractivity contribution is 5.96. The van der Waals surface area contributed by atoms with Crippen molar-refractivity contribution < 1.29 is 19.2 Å². The Balaban J connectivity index is 1.98. The van der Waals surface area contributed by atoms with E-state index in [9.17, 15) is 19.7 Å². The van der Waals surface area contributed by atoms with Gasteiger partial charge in [0.25, 0.3) is 11.6 Å². The van der Waals surface area contributed by atoms with Crippen molar-refractivity contribution >= 4 is 23.3 Å². The molecule has 2 aromatic carbocycles. The number of nitrogens with one attached hydrogen (secondary N) is 1. The van der Waals surface area contributed by atoms with Gasteiger partial charge in [-0.15, -0.1) is 0 Å². The van der Waals surface area contributed by atoms with E-state index in [-0.39, 0.29) is 16.9 Å². The summed E-state index contributed by atoms with van der Waals surface area (Å²) in [5, 5.41) is 22.1. The molecule has 0 saturated heterocycles. The highest BCUT2D eigenvalue weighted by Crippen LogP contribution is 2.21. The molecular formula is C17H13N3O5. The quantitative estimate of drug-likeness (QED) is 0.507. The minimum atomic E-state index is -0.661. The van der Waals surface area contributed by atoms with Gasteiger partial charge in [-0.3, -0.25) is 14.9 Å². The number of hydrogen-bond acceptors (Lipinski definition) is 6. The molecule has 1 amide bonds. The molecule has 1 N–H and O–H groups in total. The van der Waals surface area contributed by atoms with E-state index in [4.69, 9.17) is 10.00 Å². The van der Waals surface area contributed by atoms with E-state index in [0.29, 0.717) is 5.56 Å². The first-order valence-electron chi connectivity index (χ1n) is 7.13. The molecule has 0 aromatic heterocycles. The Morgan fingerprint density at radius 2 is 1.92 bits per heavy atom. The van der Waals surface area contributed by atoms with Gasteiger partial charge < -0.3 is 10.1 Å². The topological polar surface area (TPSA) is 122 Å². The second-order valence-electron chi connectivity index (χ2n) is 5.09. The Hall–Kier alpha value is -3.73. The predicted molar refractivity (Wildman–Crippen MR) is 87.9 cm³/mol. The molecule has 0 aliphatic heterocycles. The van der Waals surface area contributed by atoms with Crippen molar-refractivity contribution in [2.75, 3.05) is 11.9 Å². The van der Waals surface area contributed by atoms with Gasteiger partial charge in [0.1, 0.15) is 6.07 Å². The number of rotatable bonds is 5. The summed E-state index contributed by atoms with van der Waals surface area (Å²) in [7, 11) is 0.